The predicted molar refractivity (Wildman–Crippen MR) is 93.2 cm³/mol. The Morgan fingerprint density at radius 1 is 1.00 bits per heavy atom. The van der Waals surface area contributed by atoms with Gasteiger partial charge in [-0.25, -0.2) is 4.98 Å². The van der Waals surface area contributed by atoms with E-state index in [1.807, 2.05) is 6.20 Å². The lowest BCUT2D eigenvalue weighted by Crippen LogP contribution is -2.14. The molecule has 122 valence electrons. The zero-order valence-electron chi connectivity index (χ0n) is 13.7. The van der Waals surface area contributed by atoms with Crippen LogP contribution in [-0.2, 0) is 17.6 Å². The summed E-state index contributed by atoms with van der Waals surface area (Å²) in [5.41, 5.74) is 7.31. The van der Waals surface area contributed by atoms with Crippen LogP contribution in [0.25, 0.3) is 16.8 Å². The fourth-order valence-corrected chi connectivity index (χ4v) is 4.01. The van der Waals surface area contributed by atoms with Gasteiger partial charge in [0.1, 0.15) is 5.65 Å². The van der Waals surface area contributed by atoms with E-state index < -0.39 is 0 Å². The molecule has 4 heterocycles. The van der Waals surface area contributed by atoms with E-state index in [4.69, 9.17) is 14.7 Å². The van der Waals surface area contributed by atoms with Crippen molar-refractivity contribution in [3.8, 4) is 11.1 Å². The topological polar surface area (TPSA) is 39.4 Å². The van der Waals surface area contributed by atoms with Crippen LogP contribution in [0.2, 0.25) is 0 Å². The lowest BCUT2D eigenvalue weighted by atomic mass is 9.95. The van der Waals surface area contributed by atoms with E-state index >= 15 is 0 Å². The maximum atomic E-state index is 5.45. The van der Waals surface area contributed by atoms with Gasteiger partial charge in [-0.05, 0) is 50.3 Å². The molecule has 1 aliphatic heterocycles. The molecule has 0 aromatic carbocycles. The minimum atomic E-state index is 0.548. The van der Waals surface area contributed by atoms with E-state index in [9.17, 15) is 0 Å². The highest BCUT2D eigenvalue weighted by atomic mass is 16.5. The SMILES string of the molecule is c1cc(C2CCOCC2)ncc1-c1ccc2nc3c(n2c1)CCC3. The summed E-state index contributed by atoms with van der Waals surface area (Å²) in [7, 11) is 0. The normalized spacial score (nSPS) is 18.2. The third-order valence-electron chi connectivity index (χ3n) is 5.39. The molecule has 3 aromatic heterocycles. The number of nitrogens with zero attached hydrogens (tertiary/aromatic N) is 3. The van der Waals surface area contributed by atoms with E-state index in [2.05, 4.69) is 34.9 Å². The Balaban J connectivity index is 1.48. The van der Waals surface area contributed by atoms with Gasteiger partial charge in [0.2, 0.25) is 0 Å². The van der Waals surface area contributed by atoms with Crippen molar-refractivity contribution in [1.29, 1.82) is 0 Å². The minimum Gasteiger partial charge on any atom is -0.381 e. The van der Waals surface area contributed by atoms with Crippen LogP contribution in [0.1, 0.15) is 42.3 Å². The molecule has 2 aliphatic rings. The number of pyridine rings is 2. The standard InChI is InChI=1S/C20H21N3O/c1-2-18-19(3-1)23-13-16(5-7-20(23)22-18)15-4-6-17(21-12-15)14-8-10-24-11-9-14/h4-7,12-14H,1-3,8-11H2. The summed E-state index contributed by atoms with van der Waals surface area (Å²) in [4.78, 5) is 9.48. The molecule has 0 amide bonds. The first kappa shape index (κ1) is 14.2. The van der Waals surface area contributed by atoms with Gasteiger partial charge in [0, 0.05) is 54.0 Å². The van der Waals surface area contributed by atoms with Gasteiger partial charge in [0.15, 0.2) is 0 Å². The van der Waals surface area contributed by atoms with Crippen molar-refractivity contribution >= 4 is 5.65 Å². The molecule has 1 saturated heterocycles. The van der Waals surface area contributed by atoms with Crippen molar-refractivity contribution in [2.45, 2.75) is 38.0 Å². The second kappa shape index (κ2) is 5.71. The third-order valence-corrected chi connectivity index (χ3v) is 5.39. The van der Waals surface area contributed by atoms with E-state index in [0.717, 1.165) is 44.5 Å². The van der Waals surface area contributed by atoms with Gasteiger partial charge in [-0.3, -0.25) is 4.98 Å². The van der Waals surface area contributed by atoms with Crippen LogP contribution in [0.5, 0.6) is 0 Å². The highest BCUT2D eigenvalue weighted by Gasteiger charge is 2.19. The molecule has 0 bridgehead atoms. The Bertz CT molecular complexity index is 876. The Morgan fingerprint density at radius 2 is 1.88 bits per heavy atom. The van der Waals surface area contributed by atoms with Gasteiger partial charge < -0.3 is 9.14 Å². The largest absolute Gasteiger partial charge is 0.381 e. The second-order valence-electron chi connectivity index (χ2n) is 6.86. The first-order valence-electron chi connectivity index (χ1n) is 8.92. The maximum Gasteiger partial charge on any atom is 0.137 e. The van der Waals surface area contributed by atoms with Gasteiger partial charge in [-0.1, -0.05) is 6.07 Å². The van der Waals surface area contributed by atoms with Crippen LogP contribution < -0.4 is 0 Å². The van der Waals surface area contributed by atoms with Crippen LogP contribution in [0.15, 0.2) is 36.7 Å². The van der Waals surface area contributed by atoms with Crippen molar-refractivity contribution in [2.24, 2.45) is 0 Å². The predicted octanol–water partition coefficient (Wildman–Crippen LogP) is 3.78. The van der Waals surface area contributed by atoms with Crippen LogP contribution in [0.3, 0.4) is 0 Å². The van der Waals surface area contributed by atoms with Crippen molar-refractivity contribution in [2.75, 3.05) is 13.2 Å². The molecule has 0 N–H and O–H groups in total. The number of rotatable bonds is 2. The molecule has 0 spiro atoms. The molecule has 4 nitrogen and oxygen atoms in total. The van der Waals surface area contributed by atoms with Gasteiger partial charge in [-0.2, -0.15) is 0 Å². The molecule has 4 heteroatoms. The molecule has 5 rings (SSSR count). The average Bonchev–Trinajstić information content (AvgIpc) is 3.23. The quantitative estimate of drug-likeness (QED) is 0.721. The summed E-state index contributed by atoms with van der Waals surface area (Å²) in [6.07, 6.45) is 9.89. The number of ether oxygens (including phenoxy) is 1. The Morgan fingerprint density at radius 3 is 2.71 bits per heavy atom. The Labute approximate surface area is 141 Å². The molecule has 24 heavy (non-hydrogen) atoms. The number of aryl methyl sites for hydroxylation is 2. The first-order valence-corrected chi connectivity index (χ1v) is 8.92. The fourth-order valence-electron chi connectivity index (χ4n) is 4.01. The average molecular weight is 319 g/mol. The highest BCUT2D eigenvalue weighted by Crippen LogP contribution is 2.29. The monoisotopic (exact) mass is 319 g/mol. The van der Waals surface area contributed by atoms with E-state index in [0.29, 0.717) is 5.92 Å². The van der Waals surface area contributed by atoms with Crippen LogP contribution >= 0.6 is 0 Å². The van der Waals surface area contributed by atoms with E-state index in [1.54, 1.807) is 0 Å². The molecule has 3 aromatic rings. The first-order chi connectivity index (χ1) is 11.9. The Hall–Kier alpha value is -2.20. The summed E-state index contributed by atoms with van der Waals surface area (Å²) in [5, 5.41) is 0. The van der Waals surface area contributed by atoms with E-state index in [1.165, 1.54) is 34.6 Å². The van der Waals surface area contributed by atoms with Gasteiger partial charge >= 0.3 is 0 Å². The molecule has 1 fully saturated rings. The zero-order chi connectivity index (χ0) is 15.9. The van der Waals surface area contributed by atoms with Crippen molar-refractivity contribution < 1.29 is 4.74 Å². The lowest BCUT2D eigenvalue weighted by Gasteiger charge is -2.21. The van der Waals surface area contributed by atoms with Gasteiger partial charge in [0.25, 0.3) is 0 Å². The molecule has 1 aliphatic carbocycles. The summed E-state index contributed by atoms with van der Waals surface area (Å²) in [6.45, 7) is 1.72. The van der Waals surface area contributed by atoms with Crippen LogP contribution in [0.4, 0.5) is 0 Å². The van der Waals surface area contributed by atoms with Crippen molar-refractivity contribution in [1.82, 2.24) is 14.4 Å². The Kier molecular flexibility index (Phi) is 3.37. The maximum absolute atomic E-state index is 5.45. The second-order valence-corrected chi connectivity index (χ2v) is 6.86. The lowest BCUT2D eigenvalue weighted by molar-refractivity contribution is 0.0845. The zero-order valence-corrected chi connectivity index (χ0v) is 13.7. The third kappa shape index (κ3) is 2.33. The number of aromatic nitrogens is 3. The summed E-state index contributed by atoms with van der Waals surface area (Å²) in [5.74, 6) is 0.548. The number of imidazole rings is 1. The van der Waals surface area contributed by atoms with Gasteiger partial charge in [-0.15, -0.1) is 0 Å². The van der Waals surface area contributed by atoms with Crippen LogP contribution in [0, 0.1) is 0 Å². The molecule has 0 atom stereocenters. The molecule has 0 saturated carbocycles. The highest BCUT2D eigenvalue weighted by molar-refractivity contribution is 5.64. The minimum absolute atomic E-state index is 0.548. The smallest absolute Gasteiger partial charge is 0.137 e. The molecule has 0 unspecified atom stereocenters. The molecule has 0 radical (unpaired) electrons. The number of fused-ring (bicyclic) bond motifs is 3. The van der Waals surface area contributed by atoms with E-state index in [-0.39, 0.29) is 0 Å². The summed E-state index contributed by atoms with van der Waals surface area (Å²) >= 11 is 0. The summed E-state index contributed by atoms with van der Waals surface area (Å²) in [6, 6.07) is 8.67. The molecular formula is C20H21N3O. The van der Waals surface area contributed by atoms with Crippen molar-refractivity contribution in [3.05, 3.63) is 53.7 Å². The van der Waals surface area contributed by atoms with Gasteiger partial charge in [0.05, 0.1) is 5.69 Å². The fraction of sp³-hybridized carbons (Fsp3) is 0.400. The van der Waals surface area contributed by atoms with Crippen LogP contribution in [-0.4, -0.2) is 27.6 Å². The van der Waals surface area contributed by atoms with Crippen molar-refractivity contribution in [3.63, 3.8) is 0 Å². The molecular weight excluding hydrogens is 298 g/mol. The summed E-state index contributed by atoms with van der Waals surface area (Å²) < 4.78 is 7.72. The number of hydrogen-bond donors (Lipinski definition) is 0. The number of hydrogen-bond acceptors (Lipinski definition) is 3.